The number of pyridine rings is 1. The lowest BCUT2D eigenvalue weighted by molar-refractivity contribution is 0.0955. The normalized spacial score (nSPS) is 11.0. The fourth-order valence-corrected chi connectivity index (χ4v) is 3.14. The third kappa shape index (κ3) is 3.41. The molecule has 2 aromatic carbocycles. The van der Waals surface area contributed by atoms with Gasteiger partial charge in [0.1, 0.15) is 0 Å². The molecule has 134 valence electrons. The Morgan fingerprint density at radius 3 is 2.63 bits per heavy atom. The van der Waals surface area contributed by atoms with Crippen molar-refractivity contribution in [3.8, 4) is 0 Å². The maximum absolute atomic E-state index is 12.7. The molecular formula is C21H16ClN3O2. The summed E-state index contributed by atoms with van der Waals surface area (Å²) in [6, 6.07) is 18.0. The number of nitrogens with zero attached hydrogens (tertiary/aromatic N) is 2. The van der Waals surface area contributed by atoms with Crippen molar-refractivity contribution in [2.45, 2.75) is 6.42 Å². The molecule has 0 saturated carbocycles. The quantitative estimate of drug-likeness (QED) is 0.554. The van der Waals surface area contributed by atoms with Crippen molar-refractivity contribution in [3.05, 3.63) is 93.4 Å². The number of fused-ring (bicyclic) bond motifs is 2. The third-order valence-corrected chi connectivity index (χ3v) is 4.66. The second-order valence-electron chi connectivity index (χ2n) is 6.18. The van der Waals surface area contributed by atoms with Crippen LogP contribution in [0, 0.1) is 0 Å². The second-order valence-corrected chi connectivity index (χ2v) is 6.62. The molecule has 1 N–H and O–H groups in total. The summed E-state index contributed by atoms with van der Waals surface area (Å²) in [4.78, 5) is 29.9. The van der Waals surface area contributed by atoms with Gasteiger partial charge in [-0.1, -0.05) is 35.9 Å². The lowest BCUT2D eigenvalue weighted by Gasteiger charge is -2.09. The number of carbonyl (C=O) groups is 1. The zero-order valence-corrected chi connectivity index (χ0v) is 15.1. The van der Waals surface area contributed by atoms with E-state index in [-0.39, 0.29) is 11.5 Å². The van der Waals surface area contributed by atoms with Gasteiger partial charge in [0.2, 0.25) is 0 Å². The highest BCUT2D eigenvalue weighted by molar-refractivity contribution is 6.30. The first-order chi connectivity index (χ1) is 13.1. The lowest BCUT2D eigenvalue weighted by atomic mass is 10.1. The average molecular weight is 378 g/mol. The molecule has 0 spiro atoms. The van der Waals surface area contributed by atoms with E-state index in [1.807, 2.05) is 30.3 Å². The lowest BCUT2D eigenvalue weighted by Crippen LogP contribution is -2.27. The molecule has 5 nitrogen and oxygen atoms in total. The van der Waals surface area contributed by atoms with Crippen molar-refractivity contribution in [2.24, 2.45) is 0 Å². The van der Waals surface area contributed by atoms with Gasteiger partial charge >= 0.3 is 0 Å². The van der Waals surface area contributed by atoms with Crippen LogP contribution in [-0.2, 0) is 6.42 Å². The zero-order chi connectivity index (χ0) is 18.8. The highest BCUT2D eigenvalue weighted by atomic mass is 35.5. The molecule has 2 aromatic heterocycles. The zero-order valence-electron chi connectivity index (χ0n) is 14.4. The molecule has 0 bridgehead atoms. The Hall–Kier alpha value is -3.18. The first kappa shape index (κ1) is 17.2. The van der Waals surface area contributed by atoms with Gasteiger partial charge in [-0.15, -0.1) is 0 Å². The molecule has 0 aliphatic carbocycles. The van der Waals surface area contributed by atoms with Crippen LogP contribution in [0.2, 0.25) is 5.02 Å². The van der Waals surface area contributed by atoms with Crippen LogP contribution < -0.4 is 10.9 Å². The Balaban J connectivity index is 1.61. The maximum atomic E-state index is 12.7. The highest BCUT2D eigenvalue weighted by Crippen LogP contribution is 2.13. The number of aromatic nitrogens is 2. The molecule has 4 aromatic rings. The average Bonchev–Trinajstić information content (AvgIpc) is 2.69. The summed E-state index contributed by atoms with van der Waals surface area (Å²) in [5, 5.41) is 4.10. The fraction of sp³-hybridized carbons (Fsp3) is 0.0952. The molecule has 0 atom stereocenters. The van der Waals surface area contributed by atoms with Crippen LogP contribution in [0.5, 0.6) is 0 Å². The summed E-state index contributed by atoms with van der Waals surface area (Å²) >= 11 is 5.88. The van der Waals surface area contributed by atoms with Gasteiger partial charge in [0, 0.05) is 17.8 Å². The Kier molecular flexibility index (Phi) is 4.60. The van der Waals surface area contributed by atoms with Crippen LogP contribution in [0.25, 0.3) is 16.6 Å². The maximum Gasteiger partial charge on any atom is 0.265 e. The van der Waals surface area contributed by atoms with Gasteiger partial charge in [0.05, 0.1) is 16.5 Å². The number of para-hydroxylation sites is 1. The van der Waals surface area contributed by atoms with Gasteiger partial charge in [-0.3, -0.25) is 14.0 Å². The van der Waals surface area contributed by atoms with Crippen molar-refractivity contribution in [2.75, 3.05) is 6.54 Å². The summed E-state index contributed by atoms with van der Waals surface area (Å²) in [5.41, 5.74) is 2.19. The molecule has 2 heterocycles. The number of nitrogens with one attached hydrogen (secondary N) is 1. The van der Waals surface area contributed by atoms with Crippen LogP contribution in [0.3, 0.4) is 0 Å². The van der Waals surface area contributed by atoms with E-state index in [1.54, 1.807) is 36.5 Å². The van der Waals surface area contributed by atoms with E-state index in [9.17, 15) is 9.59 Å². The van der Waals surface area contributed by atoms with Gasteiger partial charge in [-0.2, -0.15) is 0 Å². The minimum atomic E-state index is -0.260. The third-order valence-electron chi connectivity index (χ3n) is 4.40. The van der Waals surface area contributed by atoms with E-state index in [0.717, 1.165) is 5.56 Å². The number of hydrogen-bond acceptors (Lipinski definition) is 3. The minimum absolute atomic E-state index is 0.189. The topological polar surface area (TPSA) is 63.5 Å². The number of halogens is 1. The van der Waals surface area contributed by atoms with Crippen molar-refractivity contribution in [1.82, 2.24) is 14.7 Å². The standard InChI is InChI=1S/C21H16ClN3O2/c22-15-9-7-14(8-10-15)11-12-23-20(26)17-5-3-13-25-19(17)24-18-6-2-1-4-16(18)21(25)27/h1-10,13H,11-12H2,(H,23,26). The van der Waals surface area contributed by atoms with E-state index in [1.165, 1.54) is 4.40 Å². The molecule has 0 fully saturated rings. The van der Waals surface area contributed by atoms with Crippen molar-refractivity contribution in [3.63, 3.8) is 0 Å². The smallest absolute Gasteiger partial charge is 0.265 e. The van der Waals surface area contributed by atoms with E-state index >= 15 is 0 Å². The summed E-state index contributed by atoms with van der Waals surface area (Å²) in [7, 11) is 0. The molecule has 6 heteroatoms. The number of hydrogen-bond donors (Lipinski definition) is 1. The van der Waals surface area contributed by atoms with E-state index in [0.29, 0.717) is 40.1 Å². The van der Waals surface area contributed by atoms with Crippen LogP contribution >= 0.6 is 11.6 Å². The number of rotatable bonds is 4. The Bertz CT molecular complexity index is 1200. The van der Waals surface area contributed by atoms with E-state index in [2.05, 4.69) is 10.3 Å². The van der Waals surface area contributed by atoms with Crippen LogP contribution in [-0.4, -0.2) is 21.8 Å². The number of carbonyl (C=O) groups excluding carboxylic acids is 1. The van der Waals surface area contributed by atoms with Crippen LogP contribution in [0.4, 0.5) is 0 Å². The van der Waals surface area contributed by atoms with Gasteiger partial charge in [0.15, 0.2) is 5.65 Å². The molecule has 0 aliphatic rings. The summed E-state index contributed by atoms with van der Waals surface area (Å²) in [6.07, 6.45) is 2.31. The SMILES string of the molecule is O=C(NCCc1ccc(Cl)cc1)c1cccn2c(=O)c3ccccc3nc12. The first-order valence-electron chi connectivity index (χ1n) is 8.56. The number of benzene rings is 2. The van der Waals surface area contributed by atoms with E-state index in [4.69, 9.17) is 11.6 Å². The monoisotopic (exact) mass is 377 g/mol. The summed E-state index contributed by atoms with van der Waals surface area (Å²) in [6.45, 7) is 0.472. The van der Waals surface area contributed by atoms with E-state index < -0.39 is 0 Å². The molecule has 0 unspecified atom stereocenters. The van der Waals surface area contributed by atoms with Gasteiger partial charge < -0.3 is 5.32 Å². The molecule has 1 amide bonds. The predicted molar refractivity (Wildman–Crippen MR) is 106 cm³/mol. The number of amides is 1. The highest BCUT2D eigenvalue weighted by Gasteiger charge is 2.13. The molecule has 4 rings (SSSR count). The Labute approximate surface area is 160 Å². The van der Waals surface area contributed by atoms with Crippen LogP contribution in [0.15, 0.2) is 71.7 Å². The first-order valence-corrected chi connectivity index (χ1v) is 8.94. The predicted octanol–water partition coefficient (Wildman–Crippen LogP) is 3.47. The fourth-order valence-electron chi connectivity index (χ4n) is 3.02. The summed E-state index contributed by atoms with van der Waals surface area (Å²) < 4.78 is 1.41. The van der Waals surface area contributed by atoms with Gasteiger partial charge in [-0.05, 0) is 48.4 Å². The molecule has 0 aliphatic heterocycles. The van der Waals surface area contributed by atoms with Gasteiger partial charge in [-0.25, -0.2) is 4.98 Å². The van der Waals surface area contributed by atoms with Crippen molar-refractivity contribution in [1.29, 1.82) is 0 Å². The largest absolute Gasteiger partial charge is 0.352 e. The van der Waals surface area contributed by atoms with Crippen molar-refractivity contribution >= 4 is 34.1 Å². The molecule has 27 heavy (non-hydrogen) atoms. The minimum Gasteiger partial charge on any atom is -0.352 e. The van der Waals surface area contributed by atoms with Crippen molar-refractivity contribution < 1.29 is 4.79 Å². The van der Waals surface area contributed by atoms with Crippen LogP contribution in [0.1, 0.15) is 15.9 Å². The van der Waals surface area contributed by atoms with Gasteiger partial charge in [0.25, 0.3) is 11.5 Å². The second kappa shape index (κ2) is 7.21. The Morgan fingerprint density at radius 1 is 1.04 bits per heavy atom. The molecule has 0 radical (unpaired) electrons. The Morgan fingerprint density at radius 2 is 1.81 bits per heavy atom. The molecule has 0 saturated heterocycles. The molecular weight excluding hydrogens is 362 g/mol. The summed E-state index contributed by atoms with van der Waals surface area (Å²) in [5.74, 6) is -0.260.